The van der Waals surface area contributed by atoms with Crippen molar-refractivity contribution >= 4 is 12.0 Å². The van der Waals surface area contributed by atoms with Crippen LogP contribution in [-0.2, 0) is 0 Å². The highest BCUT2D eigenvalue weighted by Gasteiger charge is 1.99. The molecule has 0 N–H and O–H groups in total. The topological polar surface area (TPSA) is 37.7 Å². The summed E-state index contributed by atoms with van der Waals surface area (Å²) in [4.78, 5) is 10.2. The summed E-state index contributed by atoms with van der Waals surface area (Å²) in [5.41, 5.74) is 0.736. The maximum Gasteiger partial charge on any atom is 0.219 e. The van der Waals surface area contributed by atoms with E-state index >= 15 is 0 Å². The van der Waals surface area contributed by atoms with E-state index in [1.165, 1.54) is 12.1 Å². The standard InChI is InChI=1S/C14H14FN3O/c1-18(2)10-17-12-5-8-14(16-9-12)19-13-6-3-11(15)4-7-13/h3-10H,1-2H3/b17-10-. The molecule has 5 heteroatoms. The van der Waals surface area contributed by atoms with E-state index in [1.54, 1.807) is 36.8 Å². The molecule has 1 aromatic heterocycles. The zero-order valence-corrected chi connectivity index (χ0v) is 10.7. The third-order valence-electron chi connectivity index (χ3n) is 2.19. The Bertz CT molecular complexity index is 550. The number of ether oxygens (including phenoxy) is 1. The summed E-state index contributed by atoms with van der Waals surface area (Å²) in [6.45, 7) is 0. The number of nitrogens with zero attached hydrogens (tertiary/aromatic N) is 3. The van der Waals surface area contributed by atoms with Gasteiger partial charge in [-0.3, -0.25) is 0 Å². The zero-order chi connectivity index (χ0) is 13.7. The maximum atomic E-state index is 12.7. The van der Waals surface area contributed by atoms with Gasteiger partial charge in [0.2, 0.25) is 5.88 Å². The van der Waals surface area contributed by atoms with Gasteiger partial charge in [-0.1, -0.05) is 0 Å². The van der Waals surface area contributed by atoms with Crippen molar-refractivity contribution in [1.29, 1.82) is 0 Å². The van der Waals surface area contributed by atoms with Crippen LogP contribution >= 0.6 is 0 Å². The predicted molar refractivity (Wildman–Crippen MR) is 72.6 cm³/mol. The van der Waals surface area contributed by atoms with Gasteiger partial charge in [0.25, 0.3) is 0 Å². The molecule has 1 aromatic carbocycles. The molecule has 0 amide bonds. The molecule has 0 unspecified atom stereocenters. The molecule has 19 heavy (non-hydrogen) atoms. The fourth-order valence-electron chi connectivity index (χ4n) is 1.31. The first-order valence-electron chi connectivity index (χ1n) is 5.73. The zero-order valence-electron chi connectivity index (χ0n) is 10.7. The lowest BCUT2D eigenvalue weighted by Gasteiger charge is -2.05. The average molecular weight is 259 g/mol. The molecule has 2 rings (SSSR count). The van der Waals surface area contributed by atoms with Crippen LogP contribution in [0.3, 0.4) is 0 Å². The van der Waals surface area contributed by atoms with Crippen molar-refractivity contribution in [1.82, 2.24) is 9.88 Å². The summed E-state index contributed by atoms with van der Waals surface area (Å²) in [7, 11) is 3.78. The van der Waals surface area contributed by atoms with Crippen LogP contribution in [0.2, 0.25) is 0 Å². The largest absolute Gasteiger partial charge is 0.439 e. The number of benzene rings is 1. The fraction of sp³-hybridized carbons (Fsp3) is 0.143. The lowest BCUT2D eigenvalue weighted by Crippen LogP contribution is -2.06. The van der Waals surface area contributed by atoms with Crippen LogP contribution in [0.25, 0.3) is 0 Å². The van der Waals surface area contributed by atoms with Crippen molar-refractivity contribution in [2.24, 2.45) is 4.99 Å². The Morgan fingerprint density at radius 3 is 2.47 bits per heavy atom. The van der Waals surface area contributed by atoms with Gasteiger partial charge in [0.05, 0.1) is 18.2 Å². The highest BCUT2D eigenvalue weighted by Crippen LogP contribution is 2.21. The highest BCUT2D eigenvalue weighted by molar-refractivity contribution is 5.60. The molecular weight excluding hydrogens is 245 g/mol. The number of aliphatic imine (C=N–C) groups is 1. The molecule has 2 aromatic rings. The average Bonchev–Trinajstić information content (AvgIpc) is 2.40. The molecule has 0 fully saturated rings. The van der Waals surface area contributed by atoms with E-state index in [1.807, 2.05) is 19.0 Å². The van der Waals surface area contributed by atoms with Crippen molar-refractivity contribution in [3.63, 3.8) is 0 Å². The molecule has 0 radical (unpaired) electrons. The molecule has 0 aliphatic heterocycles. The molecule has 1 heterocycles. The summed E-state index contributed by atoms with van der Waals surface area (Å²) in [6.07, 6.45) is 3.30. The smallest absolute Gasteiger partial charge is 0.219 e. The van der Waals surface area contributed by atoms with Crippen molar-refractivity contribution in [3.8, 4) is 11.6 Å². The van der Waals surface area contributed by atoms with Crippen LogP contribution in [-0.4, -0.2) is 30.3 Å². The second-order valence-corrected chi connectivity index (χ2v) is 4.12. The Kier molecular flexibility index (Phi) is 4.07. The summed E-state index contributed by atoms with van der Waals surface area (Å²) in [5.74, 6) is 0.683. The Hall–Kier alpha value is -2.43. The van der Waals surface area contributed by atoms with E-state index in [2.05, 4.69) is 9.98 Å². The van der Waals surface area contributed by atoms with E-state index in [9.17, 15) is 4.39 Å². The lowest BCUT2D eigenvalue weighted by molar-refractivity contribution is 0.461. The Morgan fingerprint density at radius 2 is 1.89 bits per heavy atom. The third-order valence-corrected chi connectivity index (χ3v) is 2.19. The fourth-order valence-corrected chi connectivity index (χ4v) is 1.31. The maximum absolute atomic E-state index is 12.7. The van der Waals surface area contributed by atoms with Gasteiger partial charge in [-0.15, -0.1) is 0 Å². The number of hydrogen-bond acceptors (Lipinski definition) is 3. The first-order chi connectivity index (χ1) is 9.13. The number of rotatable bonds is 4. The minimum absolute atomic E-state index is 0.298. The van der Waals surface area contributed by atoms with E-state index in [0.717, 1.165) is 5.69 Å². The number of pyridine rings is 1. The Labute approximate surface area is 111 Å². The molecule has 4 nitrogen and oxygen atoms in total. The quantitative estimate of drug-likeness (QED) is 0.625. The van der Waals surface area contributed by atoms with Gasteiger partial charge in [0.15, 0.2) is 0 Å². The normalized spacial score (nSPS) is 10.7. The third kappa shape index (κ3) is 4.06. The monoisotopic (exact) mass is 259 g/mol. The van der Waals surface area contributed by atoms with Crippen LogP contribution in [0, 0.1) is 5.82 Å². The predicted octanol–water partition coefficient (Wildman–Crippen LogP) is 3.23. The van der Waals surface area contributed by atoms with Crippen LogP contribution in [0.1, 0.15) is 0 Å². The Morgan fingerprint density at radius 1 is 1.16 bits per heavy atom. The molecule has 0 aliphatic rings. The van der Waals surface area contributed by atoms with E-state index in [4.69, 9.17) is 4.74 Å². The van der Waals surface area contributed by atoms with Gasteiger partial charge in [-0.25, -0.2) is 14.4 Å². The number of aromatic nitrogens is 1. The molecule has 0 atom stereocenters. The SMILES string of the molecule is CN(C)/C=N\c1ccc(Oc2ccc(F)cc2)nc1. The summed E-state index contributed by atoms with van der Waals surface area (Å²) in [5, 5.41) is 0. The molecule has 0 bridgehead atoms. The Balaban J connectivity index is 2.04. The van der Waals surface area contributed by atoms with Crippen molar-refractivity contribution in [3.05, 3.63) is 48.4 Å². The summed E-state index contributed by atoms with van der Waals surface area (Å²) in [6, 6.07) is 9.29. The first kappa shape index (κ1) is 13.0. The van der Waals surface area contributed by atoms with E-state index in [-0.39, 0.29) is 5.82 Å². The van der Waals surface area contributed by atoms with Crippen molar-refractivity contribution in [2.75, 3.05) is 14.1 Å². The van der Waals surface area contributed by atoms with Gasteiger partial charge < -0.3 is 9.64 Å². The van der Waals surface area contributed by atoms with Crippen molar-refractivity contribution < 1.29 is 9.13 Å². The van der Waals surface area contributed by atoms with Gasteiger partial charge in [-0.05, 0) is 30.3 Å². The van der Waals surface area contributed by atoms with Crippen molar-refractivity contribution in [2.45, 2.75) is 0 Å². The lowest BCUT2D eigenvalue weighted by atomic mass is 10.3. The first-order valence-corrected chi connectivity index (χ1v) is 5.73. The minimum Gasteiger partial charge on any atom is -0.439 e. The number of halogens is 1. The highest BCUT2D eigenvalue weighted by atomic mass is 19.1. The molecule has 0 spiro atoms. The molecule has 0 saturated heterocycles. The van der Waals surface area contributed by atoms with Crippen LogP contribution < -0.4 is 4.74 Å². The molecule has 0 aliphatic carbocycles. The van der Waals surface area contributed by atoms with E-state index < -0.39 is 0 Å². The number of hydrogen-bond donors (Lipinski definition) is 0. The van der Waals surface area contributed by atoms with Crippen LogP contribution in [0.4, 0.5) is 10.1 Å². The second kappa shape index (κ2) is 5.95. The summed E-state index contributed by atoms with van der Waals surface area (Å²) < 4.78 is 18.2. The minimum atomic E-state index is -0.298. The van der Waals surface area contributed by atoms with Crippen LogP contribution in [0.15, 0.2) is 47.6 Å². The molecule has 0 saturated carbocycles. The van der Waals surface area contributed by atoms with Gasteiger partial charge >= 0.3 is 0 Å². The van der Waals surface area contributed by atoms with E-state index in [0.29, 0.717) is 11.6 Å². The molecular formula is C14H14FN3O. The second-order valence-electron chi connectivity index (χ2n) is 4.12. The van der Waals surface area contributed by atoms with Gasteiger partial charge in [-0.2, -0.15) is 0 Å². The van der Waals surface area contributed by atoms with Crippen LogP contribution in [0.5, 0.6) is 11.6 Å². The molecule has 98 valence electrons. The summed E-state index contributed by atoms with van der Waals surface area (Å²) >= 11 is 0. The van der Waals surface area contributed by atoms with Gasteiger partial charge in [0, 0.05) is 20.2 Å². The van der Waals surface area contributed by atoms with Gasteiger partial charge in [0.1, 0.15) is 11.6 Å².